The number of nitrogens with zero attached hydrogens (tertiary/aromatic N) is 7. The van der Waals surface area contributed by atoms with Crippen LogP contribution in [-0.4, -0.2) is 81.8 Å². The Balaban J connectivity index is 0.00000304. The minimum absolute atomic E-state index is 0. The second kappa shape index (κ2) is 10.9. The third-order valence-corrected chi connectivity index (χ3v) is 5.86. The van der Waals surface area contributed by atoms with E-state index >= 15 is 0 Å². The van der Waals surface area contributed by atoms with E-state index in [0.717, 1.165) is 16.9 Å². The highest BCUT2D eigenvalue weighted by Gasteiger charge is 2.27. The molecule has 0 radical (unpaired) electrons. The van der Waals surface area contributed by atoms with E-state index in [0.29, 0.717) is 42.3 Å². The summed E-state index contributed by atoms with van der Waals surface area (Å²) in [5.41, 5.74) is 4.50. The van der Waals surface area contributed by atoms with E-state index in [1.807, 2.05) is 56.4 Å². The molecule has 1 aliphatic rings. The van der Waals surface area contributed by atoms with Crippen molar-refractivity contribution in [3.63, 3.8) is 0 Å². The van der Waals surface area contributed by atoms with Gasteiger partial charge in [-0.1, -0.05) is 12.1 Å². The first-order valence-electron chi connectivity index (χ1n) is 11.4. The quantitative estimate of drug-likeness (QED) is 0.393. The average Bonchev–Trinajstić information content (AvgIpc) is 3.33. The number of anilines is 1. The third-order valence-electron chi connectivity index (χ3n) is 5.86. The summed E-state index contributed by atoms with van der Waals surface area (Å²) in [7, 11) is 5.84. The van der Waals surface area contributed by atoms with E-state index in [1.54, 1.807) is 34.4 Å². The van der Waals surface area contributed by atoms with Crippen LogP contribution >= 0.6 is 13.5 Å². The number of morpholine rings is 1. The first-order chi connectivity index (χ1) is 17.0. The second-order valence-electron chi connectivity index (χ2n) is 8.66. The summed E-state index contributed by atoms with van der Waals surface area (Å²) in [6.07, 6.45) is 6.30. The molecule has 1 amide bonds. The molecule has 11 heteroatoms. The molecule has 1 aliphatic heterocycles. The van der Waals surface area contributed by atoms with Gasteiger partial charge in [0.25, 0.3) is 5.91 Å². The first-order valence-corrected chi connectivity index (χ1v) is 11.4. The number of ether oxygens (including phenoxy) is 2. The molecule has 1 fully saturated rings. The number of fused-ring (bicyclic) bond motifs is 1. The number of aryl methyl sites for hydroxylation is 1. The molecule has 0 bridgehead atoms. The van der Waals surface area contributed by atoms with Crippen molar-refractivity contribution in [3.8, 4) is 17.1 Å². The number of carbonyl (C=O) groups excluding carboxylic acids is 1. The lowest BCUT2D eigenvalue weighted by atomic mass is 10.1. The van der Waals surface area contributed by atoms with Crippen molar-refractivity contribution >= 4 is 36.1 Å². The lowest BCUT2D eigenvalue weighted by Gasteiger charge is -2.32. The van der Waals surface area contributed by atoms with E-state index in [4.69, 9.17) is 14.5 Å². The maximum atomic E-state index is 12.8. The molecule has 188 valence electrons. The number of amides is 1. The number of imidazole rings is 1. The lowest BCUT2D eigenvalue weighted by Crippen LogP contribution is -2.47. The zero-order valence-corrected chi connectivity index (χ0v) is 21.5. The molecular formula is C25H29N7O3S. The van der Waals surface area contributed by atoms with Crippen LogP contribution in [0.3, 0.4) is 0 Å². The largest absolute Gasteiger partial charge is 0.473 e. The summed E-state index contributed by atoms with van der Waals surface area (Å²) in [5.74, 6) is 0.274. The van der Waals surface area contributed by atoms with Gasteiger partial charge in [-0.2, -0.15) is 13.5 Å². The molecule has 4 aromatic rings. The number of aromatic nitrogens is 5. The lowest BCUT2D eigenvalue weighted by molar-refractivity contribution is -0.0406. The zero-order chi connectivity index (χ0) is 24.4. The molecule has 5 rings (SSSR count). The van der Waals surface area contributed by atoms with E-state index in [9.17, 15) is 4.79 Å². The van der Waals surface area contributed by atoms with Crippen LogP contribution in [0.5, 0.6) is 5.88 Å². The minimum Gasteiger partial charge on any atom is -0.473 e. The van der Waals surface area contributed by atoms with E-state index in [1.165, 1.54) is 0 Å². The number of rotatable bonds is 6. The van der Waals surface area contributed by atoms with Gasteiger partial charge in [-0.15, -0.1) is 0 Å². The fraction of sp³-hybridized carbons (Fsp3) is 0.320. The summed E-state index contributed by atoms with van der Waals surface area (Å²) in [4.78, 5) is 34.4. The van der Waals surface area contributed by atoms with Gasteiger partial charge in [0.05, 0.1) is 30.7 Å². The van der Waals surface area contributed by atoms with Crippen LogP contribution in [-0.2, 0) is 11.8 Å². The molecule has 1 aromatic carbocycles. The van der Waals surface area contributed by atoms with E-state index in [-0.39, 0.29) is 32.1 Å². The maximum absolute atomic E-state index is 12.8. The summed E-state index contributed by atoms with van der Waals surface area (Å²) in [6.45, 7) is 1.58. The van der Waals surface area contributed by atoms with Crippen LogP contribution < -0.4 is 9.64 Å². The van der Waals surface area contributed by atoms with Crippen LogP contribution in [0.1, 0.15) is 10.5 Å². The smallest absolute Gasteiger partial charge is 0.274 e. The predicted molar refractivity (Wildman–Crippen MR) is 142 cm³/mol. The molecular weight excluding hydrogens is 478 g/mol. The van der Waals surface area contributed by atoms with Crippen molar-refractivity contribution in [1.82, 2.24) is 29.4 Å². The number of pyridine rings is 1. The van der Waals surface area contributed by atoms with Crippen LogP contribution in [0.2, 0.25) is 0 Å². The molecule has 4 heterocycles. The highest BCUT2D eigenvalue weighted by molar-refractivity contribution is 7.59. The van der Waals surface area contributed by atoms with Gasteiger partial charge in [0.15, 0.2) is 5.52 Å². The molecule has 1 saturated heterocycles. The minimum atomic E-state index is -0.298. The number of carbonyl (C=O) groups is 1. The fourth-order valence-corrected chi connectivity index (χ4v) is 3.98. The van der Waals surface area contributed by atoms with Crippen LogP contribution in [0.4, 0.5) is 5.69 Å². The van der Waals surface area contributed by atoms with E-state index < -0.39 is 0 Å². The summed E-state index contributed by atoms with van der Waals surface area (Å²) >= 11 is 0. The SMILES string of the molecule is CN(C)c1ccc(-c2cc3nccnc3c(OC[C@@H]3CN(C(=O)c4cn(C)cn4)CCO3)n2)cc1.S. The number of benzene rings is 1. The Hall–Kier alpha value is -3.70. The van der Waals surface area contributed by atoms with Crippen molar-refractivity contribution in [2.75, 3.05) is 45.3 Å². The maximum Gasteiger partial charge on any atom is 0.274 e. The van der Waals surface area contributed by atoms with Crippen molar-refractivity contribution in [2.45, 2.75) is 6.10 Å². The predicted octanol–water partition coefficient (Wildman–Crippen LogP) is 2.52. The van der Waals surface area contributed by atoms with Gasteiger partial charge in [-0.05, 0) is 18.2 Å². The molecule has 36 heavy (non-hydrogen) atoms. The summed E-state index contributed by atoms with van der Waals surface area (Å²) < 4.78 is 13.7. The Labute approximate surface area is 216 Å². The van der Waals surface area contributed by atoms with Gasteiger partial charge in [0, 0.05) is 57.5 Å². The highest BCUT2D eigenvalue weighted by Crippen LogP contribution is 2.28. The van der Waals surface area contributed by atoms with Gasteiger partial charge in [0.2, 0.25) is 5.88 Å². The monoisotopic (exact) mass is 507 g/mol. The fourth-order valence-electron chi connectivity index (χ4n) is 3.98. The Morgan fingerprint density at radius 2 is 1.94 bits per heavy atom. The van der Waals surface area contributed by atoms with Crippen LogP contribution in [0.25, 0.3) is 22.3 Å². The van der Waals surface area contributed by atoms with E-state index in [2.05, 4.69) is 15.0 Å². The van der Waals surface area contributed by atoms with Crippen LogP contribution in [0, 0.1) is 0 Å². The molecule has 1 atom stereocenters. The van der Waals surface area contributed by atoms with Crippen molar-refractivity contribution in [3.05, 3.63) is 60.9 Å². The Kier molecular flexibility index (Phi) is 7.70. The molecule has 3 aromatic heterocycles. The Bertz CT molecular complexity index is 1340. The second-order valence-corrected chi connectivity index (χ2v) is 8.66. The molecule has 0 unspecified atom stereocenters. The van der Waals surface area contributed by atoms with Crippen molar-refractivity contribution in [2.24, 2.45) is 7.05 Å². The Morgan fingerprint density at radius 3 is 2.67 bits per heavy atom. The zero-order valence-electron chi connectivity index (χ0n) is 20.5. The summed E-state index contributed by atoms with van der Waals surface area (Å²) in [5, 5.41) is 0. The van der Waals surface area contributed by atoms with Gasteiger partial charge in [0.1, 0.15) is 18.4 Å². The molecule has 0 N–H and O–H groups in total. The average molecular weight is 508 g/mol. The molecule has 0 spiro atoms. The summed E-state index contributed by atoms with van der Waals surface area (Å²) in [6, 6.07) is 10.0. The van der Waals surface area contributed by atoms with Crippen molar-refractivity contribution < 1.29 is 14.3 Å². The highest BCUT2D eigenvalue weighted by atomic mass is 32.1. The van der Waals surface area contributed by atoms with Gasteiger partial charge < -0.3 is 23.8 Å². The van der Waals surface area contributed by atoms with Gasteiger partial charge >= 0.3 is 0 Å². The topological polar surface area (TPSA) is 98.5 Å². The molecule has 0 aliphatic carbocycles. The van der Waals surface area contributed by atoms with Crippen molar-refractivity contribution in [1.29, 1.82) is 0 Å². The Morgan fingerprint density at radius 1 is 1.17 bits per heavy atom. The molecule has 10 nitrogen and oxygen atoms in total. The van der Waals surface area contributed by atoms with Gasteiger partial charge in [-0.3, -0.25) is 9.78 Å². The standard InChI is InChI=1S/C25H27N7O3.H2S/c1-30(2)18-6-4-17(5-7-18)20-12-21-23(27-9-8-26-21)24(29-20)35-15-19-13-32(10-11-34-19)25(33)22-14-31(3)16-28-22;/h4-9,12,14,16,19H,10-11,13,15H2,1-3H3;1H2/t19-;/m0./s1. The normalized spacial score (nSPS) is 15.4. The number of hydrogen-bond donors (Lipinski definition) is 0. The molecule has 0 saturated carbocycles. The third kappa shape index (κ3) is 5.42. The first kappa shape index (κ1) is 25.4. The number of hydrogen-bond acceptors (Lipinski definition) is 8. The van der Waals surface area contributed by atoms with Crippen LogP contribution in [0.15, 0.2) is 55.2 Å². The van der Waals surface area contributed by atoms with Gasteiger partial charge in [-0.25, -0.2) is 15.0 Å².